The molecule has 2 amide bonds. The molecule has 0 atom stereocenters. The smallest absolute Gasteiger partial charge is 0.244 e. The van der Waals surface area contributed by atoms with E-state index in [2.05, 4.69) is 10.3 Å². The Labute approximate surface area is 133 Å². The largest absolute Gasteiger partial charge is 0.465 e. The molecule has 3 rings (SSSR count). The van der Waals surface area contributed by atoms with Gasteiger partial charge in [0.1, 0.15) is 5.76 Å². The van der Waals surface area contributed by atoms with Crippen molar-refractivity contribution in [2.45, 2.75) is 19.4 Å². The Morgan fingerprint density at radius 2 is 2.35 bits per heavy atom. The third kappa shape index (κ3) is 3.85. The summed E-state index contributed by atoms with van der Waals surface area (Å²) in [4.78, 5) is 29.4. The SMILES string of the molecule is O=C(C=Cc1ccco1)NCc1cncc(N2CCCC2=O)c1. The summed E-state index contributed by atoms with van der Waals surface area (Å²) in [5.41, 5.74) is 1.63. The van der Waals surface area contributed by atoms with Crippen molar-refractivity contribution in [1.82, 2.24) is 10.3 Å². The van der Waals surface area contributed by atoms with Gasteiger partial charge in [-0.3, -0.25) is 14.6 Å². The number of carbonyl (C=O) groups is 2. The summed E-state index contributed by atoms with van der Waals surface area (Å²) >= 11 is 0. The molecule has 1 aliphatic rings. The van der Waals surface area contributed by atoms with Crippen molar-refractivity contribution in [3.63, 3.8) is 0 Å². The molecule has 118 valence electrons. The van der Waals surface area contributed by atoms with Crippen LogP contribution in [0.4, 0.5) is 5.69 Å². The molecule has 0 bridgehead atoms. The zero-order chi connectivity index (χ0) is 16.1. The van der Waals surface area contributed by atoms with E-state index in [0.717, 1.165) is 24.2 Å². The molecule has 6 heteroatoms. The van der Waals surface area contributed by atoms with E-state index in [4.69, 9.17) is 4.42 Å². The van der Waals surface area contributed by atoms with Gasteiger partial charge < -0.3 is 14.6 Å². The predicted octanol–water partition coefficient (Wildman–Crippen LogP) is 2.13. The Morgan fingerprint density at radius 1 is 1.43 bits per heavy atom. The van der Waals surface area contributed by atoms with Crippen molar-refractivity contribution in [1.29, 1.82) is 0 Å². The fraction of sp³-hybridized carbons (Fsp3) is 0.235. The fourth-order valence-electron chi connectivity index (χ4n) is 2.43. The second kappa shape index (κ2) is 6.91. The van der Waals surface area contributed by atoms with Crippen LogP contribution in [0.15, 0.2) is 47.3 Å². The van der Waals surface area contributed by atoms with Gasteiger partial charge in [-0.2, -0.15) is 0 Å². The molecule has 2 aromatic rings. The van der Waals surface area contributed by atoms with E-state index in [-0.39, 0.29) is 11.8 Å². The van der Waals surface area contributed by atoms with Crippen LogP contribution in [0, 0.1) is 0 Å². The molecule has 0 spiro atoms. The zero-order valence-corrected chi connectivity index (χ0v) is 12.6. The number of nitrogens with zero attached hydrogens (tertiary/aromatic N) is 2. The maximum Gasteiger partial charge on any atom is 0.244 e. The van der Waals surface area contributed by atoms with Crippen LogP contribution in [0.5, 0.6) is 0 Å². The van der Waals surface area contributed by atoms with Gasteiger partial charge in [0.2, 0.25) is 11.8 Å². The van der Waals surface area contributed by atoms with E-state index in [0.29, 0.717) is 18.7 Å². The molecule has 6 nitrogen and oxygen atoms in total. The lowest BCUT2D eigenvalue weighted by Gasteiger charge is -2.16. The number of nitrogens with one attached hydrogen (secondary N) is 1. The van der Waals surface area contributed by atoms with Gasteiger partial charge in [-0.05, 0) is 36.3 Å². The highest BCUT2D eigenvalue weighted by Crippen LogP contribution is 2.21. The van der Waals surface area contributed by atoms with Gasteiger partial charge in [-0.25, -0.2) is 0 Å². The molecule has 1 saturated heterocycles. The minimum atomic E-state index is -0.218. The summed E-state index contributed by atoms with van der Waals surface area (Å²) in [5, 5.41) is 2.78. The Hall–Kier alpha value is -2.89. The van der Waals surface area contributed by atoms with E-state index in [1.54, 1.807) is 41.8 Å². The van der Waals surface area contributed by atoms with E-state index in [9.17, 15) is 9.59 Å². The number of carbonyl (C=O) groups excluding carboxylic acids is 2. The highest BCUT2D eigenvalue weighted by molar-refractivity contribution is 5.95. The van der Waals surface area contributed by atoms with Gasteiger partial charge in [0.15, 0.2) is 0 Å². The maximum absolute atomic E-state index is 11.8. The van der Waals surface area contributed by atoms with E-state index in [1.807, 2.05) is 6.07 Å². The summed E-state index contributed by atoms with van der Waals surface area (Å²) in [6, 6.07) is 5.41. The summed E-state index contributed by atoms with van der Waals surface area (Å²) in [6.07, 6.45) is 9.38. The van der Waals surface area contributed by atoms with Crippen molar-refractivity contribution < 1.29 is 14.0 Å². The average Bonchev–Trinajstić information content (AvgIpc) is 3.22. The molecule has 1 fully saturated rings. The van der Waals surface area contributed by atoms with Crippen LogP contribution in [0.25, 0.3) is 6.08 Å². The zero-order valence-electron chi connectivity index (χ0n) is 12.6. The predicted molar refractivity (Wildman–Crippen MR) is 85.4 cm³/mol. The number of aromatic nitrogens is 1. The van der Waals surface area contributed by atoms with E-state index < -0.39 is 0 Å². The highest BCUT2D eigenvalue weighted by atomic mass is 16.3. The van der Waals surface area contributed by atoms with Crippen molar-refractivity contribution in [3.05, 3.63) is 54.3 Å². The summed E-state index contributed by atoms with van der Waals surface area (Å²) in [7, 11) is 0. The van der Waals surface area contributed by atoms with Gasteiger partial charge in [-0.1, -0.05) is 0 Å². The lowest BCUT2D eigenvalue weighted by Crippen LogP contribution is -2.24. The fourth-order valence-corrected chi connectivity index (χ4v) is 2.43. The number of pyridine rings is 1. The van der Waals surface area contributed by atoms with Crippen molar-refractivity contribution in [2.24, 2.45) is 0 Å². The third-order valence-electron chi connectivity index (χ3n) is 3.57. The molecule has 0 aliphatic carbocycles. The molecule has 0 aromatic carbocycles. The van der Waals surface area contributed by atoms with Crippen LogP contribution in [0.2, 0.25) is 0 Å². The van der Waals surface area contributed by atoms with Gasteiger partial charge in [-0.15, -0.1) is 0 Å². The van der Waals surface area contributed by atoms with Crippen LogP contribution >= 0.6 is 0 Å². The molecule has 0 radical (unpaired) electrons. The second-order valence-electron chi connectivity index (χ2n) is 5.27. The quantitative estimate of drug-likeness (QED) is 0.858. The second-order valence-corrected chi connectivity index (χ2v) is 5.27. The molecule has 0 unspecified atom stereocenters. The van der Waals surface area contributed by atoms with Crippen molar-refractivity contribution in [2.75, 3.05) is 11.4 Å². The molecule has 1 aliphatic heterocycles. The number of hydrogen-bond donors (Lipinski definition) is 1. The summed E-state index contributed by atoms with van der Waals surface area (Å²) < 4.78 is 5.12. The number of rotatable bonds is 5. The monoisotopic (exact) mass is 311 g/mol. The van der Waals surface area contributed by atoms with Crippen molar-refractivity contribution in [3.8, 4) is 0 Å². The van der Waals surface area contributed by atoms with Gasteiger partial charge in [0.05, 0.1) is 18.1 Å². The minimum Gasteiger partial charge on any atom is -0.465 e. The Bertz CT molecular complexity index is 722. The molecule has 2 aromatic heterocycles. The Morgan fingerprint density at radius 3 is 3.09 bits per heavy atom. The molecular weight excluding hydrogens is 294 g/mol. The molecule has 0 saturated carbocycles. The van der Waals surface area contributed by atoms with Crippen LogP contribution in [-0.4, -0.2) is 23.3 Å². The summed E-state index contributed by atoms with van der Waals surface area (Å²) in [5.74, 6) is 0.523. The standard InChI is InChI=1S/C17H17N3O3/c21-16(6-5-15-3-2-8-23-15)19-11-13-9-14(12-18-10-13)20-7-1-4-17(20)22/h2-3,5-6,8-10,12H,1,4,7,11H2,(H,19,21). The van der Waals surface area contributed by atoms with Gasteiger partial charge in [0, 0.05) is 31.8 Å². The lowest BCUT2D eigenvalue weighted by atomic mass is 10.2. The normalized spacial score (nSPS) is 14.6. The number of furan rings is 1. The molecule has 23 heavy (non-hydrogen) atoms. The first kappa shape index (κ1) is 15.0. The van der Waals surface area contributed by atoms with Gasteiger partial charge in [0.25, 0.3) is 0 Å². The minimum absolute atomic E-state index is 0.120. The molecule has 1 N–H and O–H groups in total. The average molecular weight is 311 g/mol. The van der Waals surface area contributed by atoms with E-state index in [1.165, 1.54) is 6.08 Å². The molecular formula is C17H17N3O3. The number of anilines is 1. The summed E-state index contributed by atoms with van der Waals surface area (Å²) in [6.45, 7) is 1.08. The first-order valence-electron chi connectivity index (χ1n) is 7.46. The van der Waals surface area contributed by atoms with Crippen LogP contribution < -0.4 is 10.2 Å². The first-order chi connectivity index (χ1) is 11.2. The van der Waals surface area contributed by atoms with Crippen molar-refractivity contribution >= 4 is 23.6 Å². The topological polar surface area (TPSA) is 75.4 Å². The number of amides is 2. The Kier molecular flexibility index (Phi) is 4.52. The van der Waals surface area contributed by atoms with Crippen LogP contribution in [0.3, 0.4) is 0 Å². The maximum atomic E-state index is 11.8. The third-order valence-corrected chi connectivity index (χ3v) is 3.57. The number of hydrogen-bond acceptors (Lipinski definition) is 4. The van der Waals surface area contributed by atoms with Gasteiger partial charge >= 0.3 is 0 Å². The van der Waals surface area contributed by atoms with E-state index >= 15 is 0 Å². The lowest BCUT2D eigenvalue weighted by molar-refractivity contribution is -0.117. The highest BCUT2D eigenvalue weighted by Gasteiger charge is 2.21. The molecule has 3 heterocycles. The Balaban J connectivity index is 1.58. The van der Waals surface area contributed by atoms with Crippen LogP contribution in [0.1, 0.15) is 24.2 Å². The first-order valence-corrected chi connectivity index (χ1v) is 7.46. The van der Waals surface area contributed by atoms with Crippen LogP contribution in [-0.2, 0) is 16.1 Å².